The highest BCUT2D eigenvalue weighted by Gasteiger charge is 2.50. The molecule has 3 rings (SSSR count). The quantitative estimate of drug-likeness (QED) is 0.698. The van der Waals surface area contributed by atoms with Crippen molar-refractivity contribution >= 4 is 29.2 Å². The van der Waals surface area contributed by atoms with Gasteiger partial charge in [0.25, 0.3) is 0 Å². The number of halogens is 1. The Labute approximate surface area is 195 Å². The Balaban J connectivity index is 1.72. The molecule has 0 radical (unpaired) electrons. The number of nitrogens with zero attached hydrogens (tertiary/aromatic N) is 1. The standard InChI is InChI=1S/C25H35ClN2O4/c1-16(2)21(27-22(30)17-6-5-7-20(29)14-17)23(31)28-13-12-25(32,24(3,4)15-28)18-8-10-19(26)11-9-18/h8-11,16-17,21,32H,5-7,12-15H2,1-4H3,(H,27,30)/t17-,21-,25+/m1/s1. The molecule has 0 aromatic heterocycles. The lowest BCUT2D eigenvalue weighted by Crippen LogP contribution is -2.60. The van der Waals surface area contributed by atoms with Crippen LogP contribution in [0.5, 0.6) is 0 Å². The number of carbonyl (C=O) groups excluding carboxylic acids is 3. The summed E-state index contributed by atoms with van der Waals surface area (Å²) >= 11 is 6.01. The van der Waals surface area contributed by atoms with Gasteiger partial charge in [-0.2, -0.15) is 0 Å². The maximum Gasteiger partial charge on any atom is 0.245 e. The zero-order chi connectivity index (χ0) is 23.7. The molecule has 1 saturated carbocycles. The normalized spacial score (nSPS) is 26.7. The molecule has 1 saturated heterocycles. The smallest absolute Gasteiger partial charge is 0.245 e. The van der Waals surface area contributed by atoms with Crippen LogP contribution in [-0.2, 0) is 20.0 Å². The summed E-state index contributed by atoms with van der Waals surface area (Å²) in [6, 6.07) is 6.55. The van der Waals surface area contributed by atoms with Crippen molar-refractivity contribution in [3.8, 4) is 0 Å². The molecule has 1 aromatic carbocycles. The van der Waals surface area contributed by atoms with Gasteiger partial charge in [-0.3, -0.25) is 14.4 Å². The third-order valence-corrected chi connectivity index (χ3v) is 7.42. The monoisotopic (exact) mass is 462 g/mol. The number of amides is 2. The number of likely N-dealkylation sites (tertiary alicyclic amines) is 1. The second-order valence-corrected chi connectivity index (χ2v) is 10.8. The lowest BCUT2D eigenvalue weighted by molar-refractivity contribution is -0.157. The first kappa shape index (κ1) is 24.7. The molecule has 6 nitrogen and oxygen atoms in total. The Morgan fingerprint density at radius 3 is 2.44 bits per heavy atom. The van der Waals surface area contributed by atoms with Crippen molar-refractivity contribution in [2.75, 3.05) is 13.1 Å². The van der Waals surface area contributed by atoms with E-state index in [2.05, 4.69) is 5.32 Å². The minimum absolute atomic E-state index is 0.0917. The van der Waals surface area contributed by atoms with Crippen LogP contribution in [0.2, 0.25) is 5.02 Å². The van der Waals surface area contributed by atoms with Crippen LogP contribution < -0.4 is 5.32 Å². The summed E-state index contributed by atoms with van der Waals surface area (Å²) in [4.78, 5) is 39.8. The zero-order valence-corrected chi connectivity index (χ0v) is 20.2. The molecule has 3 atom stereocenters. The molecule has 32 heavy (non-hydrogen) atoms. The fourth-order valence-corrected chi connectivity index (χ4v) is 5.13. The van der Waals surface area contributed by atoms with Crippen molar-refractivity contribution in [2.24, 2.45) is 17.3 Å². The van der Waals surface area contributed by atoms with Gasteiger partial charge in [-0.15, -0.1) is 0 Å². The van der Waals surface area contributed by atoms with E-state index in [1.165, 1.54) is 0 Å². The summed E-state index contributed by atoms with van der Waals surface area (Å²) in [5.41, 5.74) is -0.904. The van der Waals surface area contributed by atoms with E-state index >= 15 is 0 Å². The van der Waals surface area contributed by atoms with E-state index in [1.807, 2.05) is 39.8 Å². The molecule has 0 bridgehead atoms. The van der Waals surface area contributed by atoms with Crippen LogP contribution in [0.15, 0.2) is 24.3 Å². The molecular formula is C25H35ClN2O4. The first-order valence-electron chi connectivity index (χ1n) is 11.5. The summed E-state index contributed by atoms with van der Waals surface area (Å²) in [6.45, 7) is 8.49. The largest absolute Gasteiger partial charge is 0.384 e. The minimum atomic E-state index is -1.09. The van der Waals surface area contributed by atoms with E-state index in [0.29, 0.717) is 37.4 Å². The number of hydrogen-bond acceptors (Lipinski definition) is 4. The lowest BCUT2D eigenvalue weighted by Gasteiger charge is -2.51. The Hall–Kier alpha value is -1.92. The number of hydrogen-bond donors (Lipinski definition) is 2. The van der Waals surface area contributed by atoms with E-state index in [4.69, 9.17) is 11.6 Å². The van der Waals surface area contributed by atoms with Crippen LogP contribution in [0.1, 0.15) is 65.4 Å². The minimum Gasteiger partial charge on any atom is -0.384 e. The van der Waals surface area contributed by atoms with Crippen LogP contribution >= 0.6 is 11.6 Å². The van der Waals surface area contributed by atoms with Gasteiger partial charge in [0.1, 0.15) is 11.8 Å². The number of benzene rings is 1. The van der Waals surface area contributed by atoms with Crippen LogP contribution in [0.25, 0.3) is 0 Å². The summed E-state index contributed by atoms with van der Waals surface area (Å²) in [5, 5.41) is 15.1. The topological polar surface area (TPSA) is 86.7 Å². The molecule has 0 unspecified atom stereocenters. The molecule has 2 N–H and O–H groups in total. The second kappa shape index (κ2) is 9.52. The molecule has 1 aromatic rings. The summed E-state index contributed by atoms with van der Waals surface area (Å²) in [7, 11) is 0. The third kappa shape index (κ3) is 5.01. The van der Waals surface area contributed by atoms with Crippen LogP contribution in [-0.4, -0.2) is 46.7 Å². The van der Waals surface area contributed by atoms with Crippen LogP contribution in [0.3, 0.4) is 0 Å². The molecule has 7 heteroatoms. The number of carbonyl (C=O) groups is 3. The maximum atomic E-state index is 13.4. The van der Waals surface area contributed by atoms with E-state index in [-0.39, 0.29) is 35.9 Å². The third-order valence-electron chi connectivity index (χ3n) is 7.17. The van der Waals surface area contributed by atoms with Gasteiger partial charge in [0, 0.05) is 42.3 Å². The van der Waals surface area contributed by atoms with Gasteiger partial charge < -0.3 is 15.3 Å². The summed E-state index contributed by atoms with van der Waals surface area (Å²) in [5.74, 6) is -0.673. The van der Waals surface area contributed by atoms with E-state index in [9.17, 15) is 19.5 Å². The molecule has 1 aliphatic heterocycles. The first-order chi connectivity index (χ1) is 14.9. The van der Waals surface area contributed by atoms with Crippen molar-refractivity contribution in [1.29, 1.82) is 0 Å². The Bertz CT molecular complexity index is 867. The number of nitrogens with one attached hydrogen (secondary N) is 1. The van der Waals surface area contributed by atoms with Gasteiger partial charge in [0.15, 0.2) is 0 Å². The first-order valence-corrected chi connectivity index (χ1v) is 11.9. The van der Waals surface area contributed by atoms with Crippen LogP contribution in [0, 0.1) is 17.3 Å². The molecule has 1 heterocycles. The van der Waals surface area contributed by atoms with E-state index in [1.54, 1.807) is 17.0 Å². The van der Waals surface area contributed by atoms with Gasteiger partial charge in [-0.05, 0) is 42.9 Å². The van der Waals surface area contributed by atoms with Crippen molar-refractivity contribution in [3.63, 3.8) is 0 Å². The summed E-state index contributed by atoms with van der Waals surface area (Å²) < 4.78 is 0. The SMILES string of the molecule is CC(C)[C@@H](NC(=O)[C@@H]1CCCC(=O)C1)C(=O)N1CC[C@](O)(c2ccc(Cl)cc2)C(C)(C)C1. The van der Waals surface area contributed by atoms with E-state index in [0.717, 1.165) is 12.0 Å². The lowest BCUT2D eigenvalue weighted by atomic mass is 9.66. The van der Waals surface area contributed by atoms with Gasteiger partial charge in [0.05, 0.1) is 5.60 Å². The molecule has 176 valence electrons. The number of ketones is 1. The Morgan fingerprint density at radius 1 is 1.22 bits per heavy atom. The highest BCUT2D eigenvalue weighted by atomic mass is 35.5. The molecule has 0 spiro atoms. The second-order valence-electron chi connectivity index (χ2n) is 10.3. The Morgan fingerprint density at radius 2 is 1.88 bits per heavy atom. The van der Waals surface area contributed by atoms with Crippen LogP contribution in [0.4, 0.5) is 0 Å². The van der Waals surface area contributed by atoms with E-state index < -0.39 is 17.1 Å². The van der Waals surface area contributed by atoms with Gasteiger partial charge in [-0.25, -0.2) is 0 Å². The van der Waals surface area contributed by atoms with Gasteiger partial charge >= 0.3 is 0 Å². The molecule has 1 aliphatic carbocycles. The number of rotatable bonds is 5. The number of aliphatic hydroxyl groups is 1. The average Bonchev–Trinajstić information content (AvgIpc) is 2.73. The highest BCUT2D eigenvalue weighted by Crippen LogP contribution is 2.46. The van der Waals surface area contributed by atoms with Crippen molar-refractivity contribution in [2.45, 2.75) is 71.4 Å². The van der Waals surface area contributed by atoms with Crippen molar-refractivity contribution < 1.29 is 19.5 Å². The number of Topliss-reactive ketones (excluding diaryl/α,β-unsaturated/α-hetero) is 1. The molecule has 2 amide bonds. The fraction of sp³-hybridized carbons (Fsp3) is 0.640. The predicted octanol–water partition coefficient (Wildman–Crippen LogP) is 3.69. The van der Waals surface area contributed by atoms with Crippen molar-refractivity contribution in [1.82, 2.24) is 10.2 Å². The van der Waals surface area contributed by atoms with Gasteiger partial charge in [0.2, 0.25) is 11.8 Å². The molecular weight excluding hydrogens is 428 g/mol. The highest BCUT2D eigenvalue weighted by molar-refractivity contribution is 6.30. The molecule has 2 aliphatic rings. The van der Waals surface area contributed by atoms with Crippen molar-refractivity contribution in [3.05, 3.63) is 34.9 Å². The summed E-state index contributed by atoms with van der Waals surface area (Å²) in [6.07, 6.45) is 2.59. The molecule has 2 fully saturated rings. The predicted molar refractivity (Wildman–Crippen MR) is 124 cm³/mol. The zero-order valence-electron chi connectivity index (χ0n) is 19.5. The average molecular weight is 463 g/mol. The number of piperidine rings is 1. The Kier molecular flexibility index (Phi) is 7.35. The maximum absolute atomic E-state index is 13.4. The fourth-order valence-electron chi connectivity index (χ4n) is 5.00. The van der Waals surface area contributed by atoms with Gasteiger partial charge in [-0.1, -0.05) is 51.4 Å².